The van der Waals surface area contributed by atoms with Crippen LogP contribution in [0.25, 0.3) is 0 Å². The molecule has 7 heteroatoms. The maximum Gasteiger partial charge on any atom is 0.323 e. The molecule has 27 heavy (non-hydrogen) atoms. The van der Waals surface area contributed by atoms with Gasteiger partial charge in [-0.25, -0.2) is 0 Å². The summed E-state index contributed by atoms with van der Waals surface area (Å²) in [6, 6.07) is -0.393. The fourth-order valence-corrected chi connectivity index (χ4v) is 2.44. The first-order chi connectivity index (χ1) is 12.5. The maximum atomic E-state index is 12.4. The zero-order valence-electron chi connectivity index (χ0n) is 17.7. The van der Waals surface area contributed by atoms with Crippen LogP contribution in [-0.4, -0.2) is 67.5 Å². The van der Waals surface area contributed by atoms with Gasteiger partial charge >= 0.3 is 11.9 Å². The van der Waals surface area contributed by atoms with Gasteiger partial charge in [-0.15, -0.1) is 0 Å². The van der Waals surface area contributed by atoms with Crippen molar-refractivity contribution in [3.63, 3.8) is 0 Å². The van der Waals surface area contributed by atoms with E-state index in [1.54, 1.807) is 57.4 Å². The minimum atomic E-state index is -0.547. The summed E-state index contributed by atoms with van der Waals surface area (Å²) in [6.45, 7) is 8.71. The third-order valence-electron chi connectivity index (χ3n) is 4.40. The second kappa shape index (κ2) is 12.3. The molecule has 0 bridgehead atoms. The van der Waals surface area contributed by atoms with E-state index < -0.39 is 24.2 Å². The van der Waals surface area contributed by atoms with Crippen molar-refractivity contribution in [2.45, 2.75) is 52.9 Å². The minimum absolute atomic E-state index is 0.191. The van der Waals surface area contributed by atoms with E-state index >= 15 is 0 Å². The van der Waals surface area contributed by atoms with Crippen LogP contribution in [0.15, 0.2) is 24.4 Å². The Morgan fingerprint density at radius 3 is 2.04 bits per heavy atom. The largest absolute Gasteiger partial charge is 0.461 e. The second-order valence-electron chi connectivity index (χ2n) is 6.97. The number of carbonyl (C=O) groups is 3. The highest BCUT2D eigenvalue weighted by molar-refractivity contribution is 5.75. The zero-order chi connectivity index (χ0) is 21.1. The Morgan fingerprint density at radius 1 is 1.00 bits per heavy atom. The van der Waals surface area contributed by atoms with E-state index in [0.717, 1.165) is 0 Å². The van der Waals surface area contributed by atoms with E-state index in [0.29, 0.717) is 6.41 Å². The first-order valence-electron chi connectivity index (χ1n) is 9.07. The van der Waals surface area contributed by atoms with Crippen molar-refractivity contribution < 1.29 is 23.9 Å². The molecule has 0 rings (SSSR count). The second-order valence-corrected chi connectivity index (χ2v) is 6.97. The number of amides is 1. The number of esters is 2. The molecule has 0 saturated carbocycles. The lowest BCUT2D eigenvalue weighted by Crippen LogP contribution is -2.42. The van der Waals surface area contributed by atoms with Crippen LogP contribution in [0.3, 0.4) is 0 Å². The van der Waals surface area contributed by atoms with E-state index in [1.165, 1.54) is 11.8 Å². The number of ether oxygens (including phenoxy) is 2. The summed E-state index contributed by atoms with van der Waals surface area (Å²) < 4.78 is 11.2. The molecule has 0 saturated heterocycles. The van der Waals surface area contributed by atoms with Gasteiger partial charge in [-0.05, 0) is 34.0 Å². The lowest BCUT2D eigenvalue weighted by atomic mass is 9.88. The van der Waals surface area contributed by atoms with Crippen LogP contribution in [0.5, 0.6) is 0 Å². The molecule has 0 aliphatic heterocycles. The maximum absolute atomic E-state index is 12.4. The number of carbonyl (C=O) groups excluding carboxylic acids is 3. The Hall–Kier alpha value is -2.15. The predicted molar refractivity (Wildman–Crippen MR) is 105 cm³/mol. The van der Waals surface area contributed by atoms with E-state index in [1.807, 2.05) is 20.8 Å². The molecule has 0 aliphatic carbocycles. The molecule has 0 radical (unpaired) electrons. The van der Waals surface area contributed by atoms with Gasteiger partial charge in [0.1, 0.15) is 18.2 Å². The van der Waals surface area contributed by atoms with E-state index in [-0.39, 0.29) is 17.8 Å². The molecule has 0 aromatic carbocycles. The topological polar surface area (TPSA) is 76.2 Å². The molecule has 0 unspecified atom stereocenters. The molecule has 1 amide bonds. The van der Waals surface area contributed by atoms with Gasteiger partial charge in [0, 0.05) is 32.0 Å². The highest BCUT2D eigenvalue weighted by atomic mass is 16.6. The van der Waals surface area contributed by atoms with Gasteiger partial charge in [0.25, 0.3) is 0 Å². The number of hydrogen-bond donors (Lipinski definition) is 0. The molecule has 0 spiro atoms. The van der Waals surface area contributed by atoms with Gasteiger partial charge in [-0.2, -0.15) is 0 Å². The van der Waals surface area contributed by atoms with Crippen LogP contribution >= 0.6 is 0 Å². The standard InChI is InChI=1S/C20H34N2O5/c1-9-10-18(27-20(25)16(4)21(6)7)15(3)19(26-17(5)24)14(2)11-12-22(8)13-23/h9-16,18-19H,1-8H3/b10-9+,12-11-/t14-,15+,16+,18-,19-/m1/s1. The predicted octanol–water partition coefficient (Wildman–Crippen LogP) is 2.23. The lowest BCUT2D eigenvalue weighted by molar-refractivity contribution is -0.161. The Morgan fingerprint density at radius 2 is 1.59 bits per heavy atom. The van der Waals surface area contributed by atoms with Gasteiger partial charge in [-0.1, -0.05) is 26.0 Å². The zero-order valence-corrected chi connectivity index (χ0v) is 17.7. The van der Waals surface area contributed by atoms with Crippen molar-refractivity contribution in [2.24, 2.45) is 11.8 Å². The molecule has 0 fully saturated rings. The normalized spacial score (nSPS) is 17.4. The highest BCUT2D eigenvalue weighted by Gasteiger charge is 2.33. The molecular formula is C20H34N2O5. The third kappa shape index (κ3) is 8.86. The quantitative estimate of drug-likeness (QED) is 0.310. The fraction of sp³-hybridized carbons (Fsp3) is 0.650. The molecule has 0 N–H and O–H groups in total. The summed E-state index contributed by atoms with van der Waals surface area (Å²) in [5, 5.41) is 0. The van der Waals surface area contributed by atoms with E-state index in [9.17, 15) is 14.4 Å². The molecular weight excluding hydrogens is 348 g/mol. The fourth-order valence-electron chi connectivity index (χ4n) is 2.44. The van der Waals surface area contributed by atoms with Crippen LogP contribution in [0.1, 0.15) is 34.6 Å². The number of nitrogens with zero attached hydrogens (tertiary/aromatic N) is 2. The number of rotatable bonds is 11. The molecule has 0 heterocycles. The number of likely N-dealkylation sites (N-methyl/N-ethyl adjacent to an activating group) is 1. The van der Waals surface area contributed by atoms with Crippen molar-refractivity contribution in [3.8, 4) is 0 Å². The van der Waals surface area contributed by atoms with Crippen molar-refractivity contribution in [1.29, 1.82) is 0 Å². The lowest BCUT2D eigenvalue weighted by Gasteiger charge is -2.32. The van der Waals surface area contributed by atoms with Crippen molar-refractivity contribution in [2.75, 3.05) is 21.1 Å². The summed E-state index contributed by atoms with van der Waals surface area (Å²) in [5.41, 5.74) is 0. The summed E-state index contributed by atoms with van der Waals surface area (Å²) in [5.74, 6) is -1.24. The molecule has 154 valence electrons. The highest BCUT2D eigenvalue weighted by Crippen LogP contribution is 2.25. The first kappa shape index (κ1) is 24.8. The molecule has 0 aliphatic rings. The van der Waals surface area contributed by atoms with Crippen molar-refractivity contribution in [1.82, 2.24) is 9.80 Å². The van der Waals surface area contributed by atoms with E-state index in [4.69, 9.17) is 9.47 Å². The molecule has 5 atom stereocenters. The van der Waals surface area contributed by atoms with E-state index in [2.05, 4.69) is 0 Å². The van der Waals surface area contributed by atoms with Gasteiger partial charge < -0.3 is 14.4 Å². The monoisotopic (exact) mass is 382 g/mol. The summed E-state index contributed by atoms with van der Waals surface area (Å²) in [6.07, 6.45) is 6.61. The minimum Gasteiger partial charge on any atom is -0.461 e. The van der Waals surface area contributed by atoms with Gasteiger partial charge in [0.2, 0.25) is 6.41 Å². The number of allylic oxidation sites excluding steroid dienone is 1. The SMILES string of the molecule is C/C=C/[C@@H](OC(=O)[C@H](C)N(C)C)[C@H](C)[C@H](OC(C)=O)[C@H](C)/C=C\N(C)C=O. The molecule has 0 aromatic rings. The third-order valence-corrected chi connectivity index (χ3v) is 4.40. The first-order valence-corrected chi connectivity index (χ1v) is 9.07. The Bertz CT molecular complexity index is 544. The Kier molecular flexibility index (Phi) is 11.3. The number of hydrogen-bond acceptors (Lipinski definition) is 6. The summed E-state index contributed by atoms with van der Waals surface area (Å²) >= 11 is 0. The Balaban J connectivity index is 5.50. The van der Waals surface area contributed by atoms with Crippen LogP contribution in [-0.2, 0) is 23.9 Å². The van der Waals surface area contributed by atoms with Gasteiger partial charge in [0.15, 0.2) is 0 Å². The molecule has 7 nitrogen and oxygen atoms in total. The van der Waals surface area contributed by atoms with Gasteiger partial charge in [0.05, 0.1) is 0 Å². The van der Waals surface area contributed by atoms with Crippen molar-refractivity contribution >= 4 is 18.3 Å². The van der Waals surface area contributed by atoms with Crippen LogP contribution in [0.2, 0.25) is 0 Å². The van der Waals surface area contributed by atoms with Crippen LogP contribution < -0.4 is 0 Å². The smallest absolute Gasteiger partial charge is 0.323 e. The average molecular weight is 383 g/mol. The summed E-state index contributed by atoms with van der Waals surface area (Å²) in [4.78, 5) is 37.9. The van der Waals surface area contributed by atoms with Crippen LogP contribution in [0, 0.1) is 11.8 Å². The van der Waals surface area contributed by atoms with Crippen molar-refractivity contribution in [3.05, 3.63) is 24.4 Å². The van der Waals surface area contributed by atoms with Gasteiger partial charge in [-0.3, -0.25) is 19.3 Å². The summed E-state index contributed by atoms with van der Waals surface area (Å²) in [7, 11) is 5.23. The Labute approximate surface area is 163 Å². The molecule has 0 aromatic heterocycles. The van der Waals surface area contributed by atoms with Crippen LogP contribution in [0.4, 0.5) is 0 Å². The average Bonchev–Trinajstić information content (AvgIpc) is 2.61.